The third-order valence-electron chi connectivity index (χ3n) is 8.37. The molecule has 15 heteroatoms. The largest absolute Gasteiger partial charge is 0.505 e. The number of nitrogens with zero attached hydrogens (tertiary/aromatic N) is 4. The number of hydrogen-bond acceptors (Lipinski definition) is 9. The third-order valence-corrected chi connectivity index (χ3v) is 11.3. The molecule has 6 aromatic rings. The second-order valence-electron chi connectivity index (χ2n) is 11.9. The Labute approximate surface area is 305 Å². The lowest BCUT2D eigenvalue weighted by Crippen LogP contribution is -2.31. The zero-order valence-corrected chi connectivity index (χ0v) is 30.3. The SMILES string of the molecule is CCC(C)NS(=O)(=O)c1ccc(N=Nc2ccc3cc(S(=O)O)cc(N=Nc4ccc(Cc5ccccc5)c5c(S(=O)O)cccc45)c3c2O)cc1. The zero-order chi connectivity index (χ0) is 37.0. The van der Waals surface area contributed by atoms with Gasteiger partial charge in [-0.25, -0.2) is 21.6 Å². The van der Waals surface area contributed by atoms with E-state index in [9.17, 15) is 31.0 Å². The van der Waals surface area contributed by atoms with E-state index < -0.39 is 32.2 Å². The van der Waals surface area contributed by atoms with Crippen molar-refractivity contribution < 1.29 is 31.0 Å². The fourth-order valence-electron chi connectivity index (χ4n) is 5.60. The third kappa shape index (κ3) is 8.04. The standard InChI is InChI=1S/C37H33N5O7S3/c1-3-23(2)42-52(48,49)29-16-14-27(15-17-29)38-40-32-19-13-26-21-28(50(44)45)22-33(36(26)37(32)43)41-39-31-18-12-25(20-24-8-5-4-6-9-24)35-30(31)10-7-11-34(35)51(46)47/h4-19,21-23,42-43H,3,20H2,1-2H3,(H,44,45)(H,46,47). The number of nitrogens with one attached hydrogen (secondary N) is 1. The Hall–Kier alpha value is -5.03. The Morgan fingerprint density at radius 3 is 2.12 bits per heavy atom. The fourth-order valence-corrected chi connectivity index (χ4v) is 7.98. The lowest BCUT2D eigenvalue weighted by molar-refractivity contribution is 0.482. The molecule has 6 aromatic carbocycles. The molecule has 0 spiro atoms. The molecule has 0 aromatic heterocycles. The smallest absolute Gasteiger partial charge is 0.240 e. The zero-order valence-electron chi connectivity index (χ0n) is 27.9. The van der Waals surface area contributed by atoms with Gasteiger partial charge in [-0.05, 0) is 90.9 Å². The number of hydrogen-bond donors (Lipinski definition) is 4. The molecule has 266 valence electrons. The van der Waals surface area contributed by atoms with Crippen LogP contribution in [0.1, 0.15) is 31.4 Å². The number of benzene rings is 6. The molecule has 0 heterocycles. The fraction of sp³-hybridized carbons (Fsp3) is 0.135. The highest BCUT2D eigenvalue weighted by atomic mass is 32.2. The van der Waals surface area contributed by atoms with Crippen LogP contribution in [0, 0.1) is 0 Å². The van der Waals surface area contributed by atoms with Crippen LogP contribution in [0.5, 0.6) is 5.75 Å². The van der Waals surface area contributed by atoms with Gasteiger partial charge in [0, 0.05) is 16.8 Å². The quantitative estimate of drug-likeness (QED) is 0.0706. The molecule has 0 bridgehead atoms. The first-order valence-electron chi connectivity index (χ1n) is 16.0. The van der Waals surface area contributed by atoms with Gasteiger partial charge in [0.15, 0.2) is 27.9 Å². The summed E-state index contributed by atoms with van der Waals surface area (Å²) < 4.78 is 72.5. The minimum absolute atomic E-state index is 0.0223. The van der Waals surface area contributed by atoms with E-state index >= 15 is 0 Å². The summed E-state index contributed by atoms with van der Waals surface area (Å²) in [5.41, 5.74) is 2.65. The van der Waals surface area contributed by atoms with Crippen molar-refractivity contribution in [3.05, 3.63) is 120 Å². The average molecular weight is 756 g/mol. The summed E-state index contributed by atoms with van der Waals surface area (Å²) in [6.45, 7) is 3.65. The van der Waals surface area contributed by atoms with Crippen LogP contribution in [0.3, 0.4) is 0 Å². The van der Waals surface area contributed by atoms with Crippen molar-refractivity contribution >= 4 is 76.5 Å². The summed E-state index contributed by atoms with van der Waals surface area (Å²) in [5, 5.41) is 30.3. The summed E-state index contributed by atoms with van der Waals surface area (Å²) >= 11 is -4.68. The lowest BCUT2D eigenvalue weighted by Gasteiger charge is -2.12. The molecule has 12 nitrogen and oxygen atoms in total. The second-order valence-corrected chi connectivity index (χ2v) is 15.5. The molecule has 0 amide bonds. The number of rotatable bonds is 12. The van der Waals surface area contributed by atoms with Gasteiger partial charge < -0.3 is 14.2 Å². The van der Waals surface area contributed by atoms with E-state index in [1.807, 2.05) is 43.3 Å². The van der Waals surface area contributed by atoms with Gasteiger partial charge >= 0.3 is 0 Å². The van der Waals surface area contributed by atoms with Crippen LogP contribution in [0.15, 0.2) is 144 Å². The van der Waals surface area contributed by atoms with Gasteiger partial charge in [-0.1, -0.05) is 61.5 Å². The molecule has 0 radical (unpaired) electrons. The normalized spacial score (nSPS) is 14.0. The second kappa shape index (κ2) is 15.7. The van der Waals surface area contributed by atoms with Gasteiger partial charge in [0.1, 0.15) is 5.69 Å². The Morgan fingerprint density at radius 1 is 0.731 bits per heavy atom. The van der Waals surface area contributed by atoms with E-state index in [4.69, 9.17) is 0 Å². The van der Waals surface area contributed by atoms with Gasteiger partial charge in [-0.15, -0.1) is 15.3 Å². The van der Waals surface area contributed by atoms with Crippen molar-refractivity contribution in [2.45, 2.75) is 47.4 Å². The molecule has 0 saturated carbocycles. The van der Waals surface area contributed by atoms with Crippen molar-refractivity contribution in [2.24, 2.45) is 20.5 Å². The van der Waals surface area contributed by atoms with Crippen LogP contribution in [-0.2, 0) is 38.6 Å². The first kappa shape index (κ1) is 36.8. The van der Waals surface area contributed by atoms with Crippen molar-refractivity contribution in [2.75, 3.05) is 0 Å². The average Bonchev–Trinajstić information content (AvgIpc) is 3.14. The van der Waals surface area contributed by atoms with Crippen molar-refractivity contribution in [1.82, 2.24) is 4.72 Å². The van der Waals surface area contributed by atoms with Gasteiger partial charge in [0.25, 0.3) is 0 Å². The summed E-state index contributed by atoms with van der Waals surface area (Å²) in [7, 11) is -3.71. The number of sulfonamides is 1. The number of fused-ring (bicyclic) bond motifs is 2. The Kier molecular flexibility index (Phi) is 11.1. The molecule has 52 heavy (non-hydrogen) atoms. The van der Waals surface area contributed by atoms with E-state index in [0.29, 0.717) is 40.4 Å². The van der Waals surface area contributed by atoms with Crippen molar-refractivity contribution in [1.29, 1.82) is 0 Å². The molecule has 0 aliphatic rings. The molecular formula is C37H33N5O7S3. The summed E-state index contributed by atoms with van der Waals surface area (Å²) in [4.78, 5) is 0.316. The Morgan fingerprint density at radius 2 is 1.42 bits per heavy atom. The molecular weight excluding hydrogens is 723 g/mol. The molecule has 6 rings (SSSR count). The number of phenolic OH excluding ortho intramolecular Hbond substituents is 1. The summed E-state index contributed by atoms with van der Waals surface area (Å²) in [6.07, 6.45) is 1.14. The van der Waals surface area contributed by atoms with Crippen LogP contribution in [0.2, 0.25) is 0 Å². The number of phenols is 1. The van der Waals surface area contributed by atoms with Gasteiger partial charge in [-0.3, -0.25) is 0 Å². The minimum atomic E-state index is -3.71. The lowest BCUT2D eigenvalue weighted by atomic mass is 9.97. The van der Waals surface area contributed by atoms with E-state index in [0.717, 1.165) is 11.1 Å². The molecule has 0 fully saturated rings. The van der Waals surface area contributed by atoms with Crippen LogP contribution in [0.25, 0.3) is 21.5 Å². The van der Waals surface area contributed by atoms with Crippen LogP contribution in [0.4, 0.5) is 22.7 Å². The maximum atomic E-state index is 12.6. The first-order chi connectivity index (χ1) is 24.9. The van der Waals surface area contributed by atoms with Crippen LogP contribution in [-0.4, -0.2) is 37.1 Å². The highest BCUT2D eigenvalue weighted by Gasteiger charge is 2.18. The van der Waals surface area contributed by atoms with Crippen LogP contribution >= 0.6 is 0 Å². The van der Waals surface area contributed by atoms with E-state index in [2.05, 4.69) is 25.2 Å². The Bertz CT molecular complexity index is 2510. The maximum absolute atomic E-state index is 12.6. The highest BCUT2D eigenvalue weighted by molar-refractivity contribution is 7.89. The van der Waals surface area contributed by atoms with E-state index in [1.54, 1.807) is 37.3 Å². The highest BCUT2D eigenvalue weighted by Crippen LogP contribution is 2.43. The number of azo groups is 2. The van der Waals surface area contributed by atoms with E-state index in [-0.39, 0.29) is 43.2 Å². The van der Waals surface area contributed by atoms with Gasteiger partial charge in [0.05, 0.1) is 37.1 Å². The first-order valence-corrected chi connectivity index (χ1v) is 19.7. The molecule has 0 saturated heterocycles. The van der Waals surface area contributed by atoms with Crippen molar-refractivity contribution in [3.63, 3.8) is 0 Å². The summed E-state index contributed by atoms with van der Waals surface area (Å²) in [5.74, 6) is -0.316. The topological polar surface area (TPSA) is 190 Å². The maximum Gasteiger partial charge on any atom is 0.240 e. The molecule has 3 unspecified atom stereocenters. The number of aromatic hydroxyl groups is 1. The van der Waals surface area contributed by atoms with Gasteiger partial charge in [-0.2, -0.15) is 5.11 Å². The van der Waals surface area contributed by atoms with Crippen molar-refractivity contribution in [3.8, 4) is 5.75 Å². The molecule has 0 aliphatic carbocycles. The monoisotopic (exact) mass is 755 g/mol. The molecule has 0 aliphatic heterocycles. The minimum Gasteiger partial charge on any atom is -0.505 e. The summed E-state index contributed by atoms with van der Waals surface area (Å²) in [6, 6.07) is 29.7. The predicted octanol–water partition coefficient (Wildman–Crippen LogP) is 9.36. The van der Waals surface area contributed by atoms with Gasteiger partial charge in [0.2, 0.25) is 10.0 Å². The predicted molar refractivity (Wildman–Crippen MR) is 202 cm³/mol. The van der Waals surface area contributed by atoms with Crippen LogP contribution < -0.4 is 4.72 Å². The van der Waals surface area contributed by atoms with E-state index in [1.165, 1.54) is 42.5 Å². The molecule has 3 atom stereocenters. The molecule has 4 N–H and O–H groups in total. The Balaban J connectivity index is 1.39.